The first-order valence-electron chi connectivity index (χ1n) is 10.8. The smallest absolute Gasteiger partial charge is 0.253 e. The third-order valence-electron chi connectivity index (χ3n) is 6.38. The van der Waals surface area contributed by atoms with Crippen LogP contribution in [0.2, 0.25) is 0 Å². The lowest BCUT2D eigenvalue weighted by Gasteiger charge is -2.38. The van der Waals surface area contributed by atoms with Gasteiger partial charge in [-0.1, -0.05) is 6.92 Å². The Morgan fingerprint density at radius 3 is 2.69 bits per heavy atom. The standard InChI is InChI=1S/C23H27FN6O2/c1-3-19(14-8-9-29(2)20(10-14)22(25)31)28-23(32)18-11-26-13-21-17(18)12-27-30(21)16-6-4-15(24)5-7-16/h4-7,11-14,19-20H,3,8-10H2,1-2H3,(H2,25,31)(H,28,32). The van der Waals surface area contributed by atoms with Crippen molar-refractivity contribution < 1.29 is 14.0 Å². The number of benzene rings is 1. The van der Waals surface area contributed by atoms with E-state index >= 15 is 0 Å². The minimum Gasteiger partial charge on any atom is -0.368 e. The van der Waals surface area contributed by atoms with Crippen molar-refractivity contribution in [2.45, 2.75) is 38.3 Å². The van der Waals surface area contributed by atoms with E-state index in [9.17, 15) is 14.0 Å². The van der Waals surface area contributed by atoms with Gasteiger partial charge >= 0.3 is 0 Å². The number of hydrogen-bond acceptors (Lipinski definition) is 5. The van der Waals surface area contributed by atoms with Crippen LogP contribution in [-0.2, 0) is 4.79 Å². The molecule has 168 valence electrons. The van der Waals surface area contributed by atoms with Crippen LogP contribution in [-0.4, -0.2) is 57.2 Å². The maximum absolute atomic E-state index is 13.3. The number of nitrogens with zero attached hydrogens (tertiary/aromatic N) is 4. The third kappa shape index (κ3) is 4.20. The summed E-state index contributed by atoms with van der Waals surface area (Å²) in [6.45, 7) is 2.78. The van der Waals surface area contributed by atoms with Crippen LogP contribution in [0.3, 0.4) is 0 Å². The van der Waals surface area contributed by atoms with E-state index in [2.05, 4.69) is 15.4 Å². The van der Waals surface area contributed by atoms with E-state index in [1.165, 1.54) is 18.3 Å². The van der Waals surface area contributed by atoms with Crippen molar-refractivity contribution in [2.24, 2.45) is 11.7 Å². The Bertz CT molecular complexity index is 1130. The zero-order chi connectivity index (χ0) is 22.8. The molecule has 0 radical (unpaired) electrons. The maximum Gasteiger partial charge on any atom is 0.253 e. The summed E-state index contributed by atoms with van der Waals surface area (Å²) in [6.07, 6.45) is 7.02. The lowest BCUT2D eigenvalue weighted by Crippen LogP contribution is -2.52. The minimum atomic E-state index is -0.333. The molecule has 1 saturated heterocycles. The molecule has 2 aromatic heterocycles. The summed E-state index contributed by atoms with van der Waals surface area (Å²) in [6, 6.07) is 5.56. The molecule has 0 aliphatic carbocycles. The van der Waals surface area contributed by atoms with Gasteiger partial charge < -0.3 is 11.1 Å². The Hall–Kier alpha value is -3.33. The Morgan fingerprint density at radius 2 is 2.00 bits per heavy atom. The minimum absolute atomic E-state index is 0.0829. The quantitative estimate of drug-likeness (QED) is 0.614. The molecule has 0 bridgehead atoms. The second kappa shape index (κ2) is 9.04. The highest BCUT2D eigenvalue weighted by molar-refractivity contribution is 6.06. The molecular formula is C23H27FN6O2. The third-order valence-corrected chi connectivity index (χ3v) is 6.38. The highest BCUT2D eigenvalue weighted by Crippen LogP contribution is 2.27. The molecule has 8 nitrogen and oxygen atoms in total. The molecule has 1 aliphatic heterocycles. The van der Waals surface area contributed by atoms with Crippen molar-refractivity contribution in [3.8, 4) is 5.69 Å². The maximum atomic E-state index is 13.3. The molecule has 4 rings (SSSR count). The molecular weight excluding hydrogens is 411 g/mol. The molecule has 32 heavy (non-hydrogen) atoms. The fraction of sp³-hybridized carbons (Fsp3) is 0.391. The number of primary amides is 1. The Balaban J connectivity index is 1.57. The molecule has 3 heterocycles. The van der Waals surface area contributed by atoms with Crippen LogP contribution in [0.15, 0.2) is 42.9 Å². The van der Waals surface area contributed by atoms with Gasteiger partial charge in [0, 0.05) is 17.6 Å². The molecule has 9 heteroatoms. The first-order valence-corrected chi connectivity index (χ1v) is 10.8. The zero-order valence-electron chi connectivity index (χ0n) is 18.2. The van der Waals surface area contributed by atoms with E-state index in [4.69, 9.17) is 5.73 Å². The van der Waals surface area contributed by atoms with Gasteiger partial charge in [-0.15, -0.1) is 0 Å². The van der Waals surface area contributed by atoms with Gasteiger partial charge in [0.25, 0.3) is 5.91 Å². The zero-order valence-corrected chi connectivity index (χ0v) is 18.2. The number of fused-ring (bicyclic) bond motifs is 1. The second-order valence-corrected chi connectivity index (χ2v) is 8.32. The number of carbonyl (C=O) groups excluding carboxylic acids is 2. The average molecular weight is 439 g/mol. The summed E-state index contributed by atoms with van der Waals surface area (Å²) < 4.78 is 14.9. The number of aromatic nitrogens is 3. The predicted molar refractivity (Wildman–Crippen MR) is 119 cm³/mol. The van der Waals surface area contributed by atoms with Gasteiger partial charge in [-0.25, -0.2) is 9.07 Å². The lowest BCUT2D eigenvalue weighted by molar-refractivity contribution is -0.124. The molecule has 1 aliphatic rings. The highest BCUT2D eigenvalue weighted by Gasteiger charge is 2.34. The van der Waals surface area contributed by atoms with Crippen molar-refractivity contribution >= 4 is 22.7 Å². The molecule has 2 amide bonds. The van der Waals surface area contributed by atoms with E-state index in [1.807, 2.05) is 18.9 Å². The summed E-state index contributed by atoms with van der Waals surface area (Å²) in [5, 5.41) is 8.18. The van der Waals surface area contributed by atoms with Gasteiger partial charge in [0.1, 0.15) is 5.82 Å². The first-order chi connectivity index (χ1) is 15.4. The van der Waals surface area contributed by atoms with Gasteiger partial charge in [-0.05, 0) is 63.0 Å². The lowest BCUT2D eigenvalue weighted by atomic mass is 9.84. The molecule has 3 atom stereocenters. The van der Waals surface area contributed by atoms with Gasteiger partial charge in [0.05, 0.1) is 35.2 Å². The van der Waals surface area contributed by atoms with E-state index in [0.717, 1.165) is 19.4 Å². The van der Waals surface area contributed by atoms with E-state index in [-0.39, 0.29) is 35.6 Å². The van der Waals surface area contributed by atoms with Crippen LogP contribution in [0.1, 0.15) is 36.5 Å². The van der Waals surface area contributed by atoms with Crippen LogP contribution >= 0.6 is 0 Å². The van der Waals surface area contributed by atoms with Crippen molar-refractivity contribution in [3.63, 3.8) is 0 Å². The predicted octanol–water partition coefficient (Wildman–Crippen LogP) is 2.26. The number of nitrogens with one attached hydrogen (secondary N) is 1. The largest absolute Gasteiger partial charge is 0.368 e. The summed E-state index contributed by atoms with van der Waals surface area (Å²) in [5.74, 6) is -0.739. The van der Waals surface area contributed by atoms with Crippen molar-refractivity contribution in [1.82, 2.24) is 25.0 Å². The van der Waals surface area contributed by atoms with Gasteiger partial charge in [0.2, 0.25) is 5.91 Å². The van der Waals surface area contributed by atoms with Crippen LogP contribution < -0.4 is 11.1 Å². The molecule has 3 unspecified atom stereocenters. The highest BCUT2D eigenvalue weighted by atomic mass is 19.1. The molecule has 1 fully saturated rings. The van der Waals surface area contributed by atoms with Crippen molar-refractivity contribution in [1.29, 1.82) is 0 Å². The first kappa shape index (κ1) is 21.9. The Labute approximate surface area is 185 Å². The summed E-state index contributed by atoms with van der Waals surface area (Å²) in [7, 11) is 1.90. The number of nitrogens with two attached hydrogens (primary N) is 1. The molecule has 3 N–H and O–H groups in total. The Morgan fingerprint density at radius 1 is 1.25 bits per heavy atom. The number of halogens is 1. The number of likely N-dealkylation sites (tertiary alicyclic amines) is 1. The number of hydrogen-bond donors (Lipinski definition) is 2. The fourth-order valence-electron chi connectivity index (χ4n) is 4.52. The van der Waals surface area contributed by atoms with Crippen molar-refractivity contribution in [3.05, 3.63) is 54.2 Å². The topological polar surface area (TPSA) is 106 Å². The Kier molecular flexibility index (Phi) is 6.18. The van der Waals surface area contributed by atoms with E-state index < -0.39 is 0 Å². The number of pyridine rings is 1. The average Bonchev–Trinajstić information content (AvgIpc) is 3.22. The number of carbonyl (C=O) groups is 2. The second-order valence-electron chi connectivity index (χ2n) is 8.32. The number of rotatable bonds is 6. The summed E-state index contributed by atoms with van der Waals surface area (Å²) in [5.41, 5.74) is 7.33. The summed E-state index contributed by atoms with van der Waals surface area (Å²) >= 11 is 0. The van der Waals surface area contributed by atoms with E-state index in [0.29, 0.717) is 28.6 Å². The van der Waals surface area contributed by atoms with Crippen LogP contribution in [0.25, 0.3) is 16.6 Å². The number of likely N-dealkylation sites (N-methyl/N-ethyl adjacent to an activating group) is 1. The van der Waals surface area contributed by atoms with Gasteiger partial charge in [0.15, 0.2) is 0 Å². The van der Waals surface area contributed by atoms with Crippen LogP contribution in [0, 0.1) is 11.7 Å². The van der Waals surface area contributed by atoms with Gasteiger partial charge in [-0.2, -0.15) is 5.10 Å². The summed E-state index contributed by atoms with van der Waals surface area (Å²) in [4.78, 5) is 31.2. The van der Waals surface area contributed by atoms with E-state index in [1.54, 1.807) is 29.2 Å². The molecule has 0 saturated carbocycles. The normalized spacial score (nSPS) is 20.2. The molecule has 0 spiro atoms. The fourth-order valence-corrected chi connectivity index (χ4v) is 4.52. The van der Waals surface area contributed by atoms with Crippen molar-refractivity contribution in [2.75, 3.05) is 13.6 Å². The monoisotopic (exact) mass is 438 g/mol. The van der Waals surface area contributed by atoms with Crippen LogP contribution in [0.5, 0.6) is 0 Å². The van der Waals surface area contributed by atoms with Gasteiger partial charge in [-0.3, -0.25) is 19.5 Å². The number of piperidine rings is 1. The SMILES string of the molecule is CCC(NC(=O)c1cncc2c1cnn2-c1ccc(F)cc1)C1CCN(C)C(C(N)=O)C1. The molecule has 1 aromatic carbocycles. The number of amides is 2. The molecule has 3 aromatic rings. The van der Waals surface area contributed by atoms with Crippen LogP contribution in [0.4, 0.5) is 4.39 Å².